The first-order chi connectivity index (χ1) is 11.0. The predicted molar refractivity (Wildman–Crippen MR) is 93.3 cm³/mol. The first kappa shape index (κ1) is 16.0. The lowest BCUT2D eigenvalue weighted by atomic mass is 10.1. The van der Waals surface area contributed by atoms with Crippen molar-refractivity contribution in [3.8, 4) is 0 Å². The Hall–Kier alpha value is -3.35. The van der Waals surface area contributed by atoms with Gasteiger partial charge in [-0.25, -0.2) is 0 Å². The average molecular weight is 310 g/mol. The monoisotopic (exact) mass is 310 g/mol. The fraction of sp³-hybridized carbons (Fsp3) is 0.0625. The van der Waals surface area contributed by atoms with Crippen LogP contribution in [0.25, 0.3) is 0 Å². The molecule has 0 bridgehead atoms. The number of nitrogens with zero attached hydrogens (tertiary/aromatic N) is 2. The molecule has 0 atom stereocenters. The molecule has 0 saturated carbocycles. The number of nitrogens with one attached hydrogen (secondary N) is 1. The van der Waals surface area contributed by atoms with E-state index in [1.54, 1.807) is 43.3 Å². The van der Waals surface area contributed by atoms with Crippen molar-refractivity contribution in [1.29, 1.82) is 0 Å². The van der Waals surface area contributed by atoms with Crippen LogP contribution in [0.3, 0.4) is 0 Å². The van der Waals surface area contributed by atoms with Crippen LogP contribution in [-0.2, 0) is 0 Å². The van der Waals surface area contributed by atoms with E-state index in [0.717, 1.165) is 5.56 Å². The molecule has 0 heterocycles. The molecule has 0 aromatic heterocycles. The molecule has 7 heteroatoms. The van der Waals surface area contributed by atoms with Gasteiger partial charge < -0.3 is 22.5 Å². The number of amides is 1. The Labute approximate surface area is 133 Å². The zero-order valence-electron chi connectivity index (χ0n) is 12.7. The summed E-state index contributed by atoms with van der Waals surface area (Å²) in [5.74, 6) is -0.335. The van der Waals surface area contributed by atoms with E-state index >= 15 is 0 Å². The van der Waals surface area contributed by atoms with E-state index in [4.69, 9.17) is 17.2 Å². The highest BCUT2D eigenvalue weighted by Gasteiger charge is 2.07. The van der Waals surface area contributed by atoms with Crippen LogP contribution in [0.15, 0.2) is 58.7 Å². The quantitative estimate of drug-likeness (QED) is 0.295. The number of anilines is 2. The molecule has 0 aliphatic carbocycles. The molecule has 2 rings (SSSR count). The van der Waals surface area contributed by atoms with Gasteiger partial charge in [0, 0.05) is 16.9 Å². The molecule has 118 valence electrons. The van der Waals surface area contributed by atoms with Crippen LogP contribution < -0.4 is 22.5 Å². The molecule has 7 N–H and O–H groups in total. The Bertz CT molecular complexity index is 760. The van der Waals surface area contributed by atoms with Crippen molar-refractivity contribution in [3.63, 3.8) is 0 Å². The molecule has 0 unspecified atom stereocenters. The Morgan fingerprint density at radius 1 is 1.00 bits per heavy atom. The van der Waals surface area contributed by atoms with E-state index in [1.807, 2.05) is 12.1 Å². The summed E-state index contributed by atoms with van der Waals surface area (Å²) in [7, 11) is 0. The number of guanidine groups is 1. The van der Waals surface area contributed by atoms with Crippen molar-refractivity contribution in [2.24, 2.45) is 21.7 Å². The maximum atomic E-state index is 12.2. The molecule has 0 saturated heterocycles. The number of nitrogens with two attached hydrogens (primary N) is 3. The van der Waals surface area contributed by atoms with E-state index in [9.17, 15) is 4.79 Å². The Morgan fingerprint density at radius 3 is 2.35 bits per heavy atom. The molecule has 0 aliphatic rings. The minimum Gasteiger partial charge on any atom is -0.399 e. The lowest BCUT2D eigenvalue weighted by molar-refractivity contribution is 0.102. The van der Waals surface area contributed by atoms with E-state index in [2.05, 4.69) is 15.5 Å². The lowest BCUT2D eigenvalue weighted by Gasteiger charge is -2.07. The van der Waals surface area contributed by atoms with E-state index in [1.165, 1.54) is 0 Å². The maximum absolute atomic E-state index is 12.2. The van der Waals surface area contributed by atoms with E-state index < -0.39 is 0 Å². The summed E-state index contributed by atoms with van der Waals surface area (Å²) in [4.78, 5) is 12.2. The number of hydrogen-bond donors (Lipinski definition) is 4. The highest BCUT2D eigenvalue weighted by molar-refractivity contribution is 6.05. The summed E-state index contributed by atoms with van der Waals surface area (Å²) in [5.41, 5.74) is 19.3. The third-order valence-corrected chi connectivity index (χ3v) is 3.03. The largest absolute Gasteiger partial charge is 0.399 e. The lowest BCUT2D eigenvalue weighted by Crippen LogP contribution is -2.22. The molecule has 2 aromatic rings. The van der Waals surface area contributed by atoms with Crippen LogP contribution in [0, 0.1) is 0 Å². The van der Waals surface area contributed by atoms with Crippen molar-refractivity contribution >= 4 is 29.0 Å². The second-order valence-electron chi connectivity index (χ2n) is 4.87. The van der Waals surface area contributed by atoms with Gasteiger partial charge in [0.25, 0.3) is 5.91 Å². The van der Waals surface area contributed by atoms with Gasteiger partial charge in [0.15, 0.2) is 0 Å². The predicted octanol–water partition coefficient (Wildman–Crippen LogP) is 1.52. The second-order valence-corrected chi connectivity index (χ2v) is 4.87. The zero-order chi connectivity index (χ0) is 16.8. The number of carbonyl (C=O) groups is 1. The van der Waals surface area contributed by atoms with Gasteiger partial charge in [-0.05, 0) is 48.9 Å². The Morgan fingerprint density at radius 2 is 1.70 bits per heavy atom. The highest BCUT2D eigenvalue weighted by atomic mass is 16.1. The van der Waals surface area contributed by atoms with Crippen molar-refractivity contribution in [2.45, 2.75) is 6.92 Å². The first-order valence-electron chi connectivity index (χ1n) is 6.86. The van der Waals surface area contributed by atoms with Gasteiger partial charge in [-0.2, -0.15) is 5.10 Å². The smallest absolute Gasteiger partial charge is 0.255 e. The molecular formula is C16H18N6O. The Kier molecular flexibility index (Phi) is 4.93. The minimum atomic E-state index is -0.221. The van der Waals surface area contributed by atoms with Crippen LogP contribution in [0.2, 0.25) is 0 Å². The van der Waals surface area contributed by atoms with Gasteiger partial charge in [-0.3, -0.25) is 4.79 Å². The first-order valence-corrected chi connectivity index (χ1v) is 6.86. The molecule has 7 nitrogen and oxygen atoms in total. The number of rotatable bonds is 4. The molecule has 2 aromatic carbocycles. The van der Waals surface area contributed by atoms with Crippen LogP contribution in [-0.4, -0.2) is 17.6 Å². The summed E-state index contributed by atoms with van der Waals surface area (Å²) in [6, 6.07) is 13.9. The number of hydrogen-bond acceptors (Lipinski definition) is 4. The van der Waals surface area contributed by atoms with E-state index in [-0.39, 0.29) is 11.9 Å². The van der Waals surface area contributed by atoms with Crippen molar-refractivity contribution in [3.05, 3.63) is 59.7 Å². The van der Waals surface area contributed by atoms with Crippen LogP contribution >= 0.6 is 0 Å². The standard InChI is InChI=1S/C16H18N6O/c1-10(21-22-16(18)19)12-3-2-4-14(9-12)20-15(23)11-5-7-13(17)8-6-11/h2-9H,17H2,1H3,(H,20,23)(H4,18,19,22)/b21-10-. The van der Waals surface area contributed by atoms with Gasteiger partial charge in [-0.1, -0.05) is 12.1 Å². The number of nitrogen functional groups attached to an aromatic ring is 1. The summed E-state index contributed by atoms with van der Waals surface area (Å²) >= 11 is 0. The van der Waals surface area contributed by atoms with Crippen LogP contribution in [0.4, 0.5) is 11.4 Å². The normalized spacial score (nSPS) is 10.9. The molecule has 0 fully saturated rings. The van der Waals surface area contributed by atoms with Gasteiger partial charge >= 0.3 is 0 Å². The van der Waals surface area contributed by atoms with Crippen molar-refractivity contribution < 1.29 is 4.79 Å². The van der Waals surface area contributed by atoms with Crippen LogP contribution in [0.5, 0.6) is 0 Å². The summed E-state index contributed by atoms with van der Waals surface area (Å²) in [6.45, 7) is 1.77. The molecule has 0 aliphatic heterocycles. The van der Waals surface area contributed by atoms with Gasteiger partial charge in [0.2, 0.25) is 5.96 Å². The maximum Gasteiger partial charge on any atom is 0.255 e. The average Bonchev–Trinajstić information content (AvgIpc) is 2.53. The fourth-order valence-electron chi connectivity index (χ4n) is 1.85. The highest BCUT2D eigenvalue weighted by Crippen LogP contribution is 2.14. The fourth-order valence-corrected chi connectivity index (χ4v) is 1.85. The third kappa shape index (κ3) is 4.57. The number of carbonyl (C=O) groups excluding carboxylic acids is 1. The molecule has 23 heavy (non-hydrogen) atoms. The molecule has 0 radical (unpaired) electrons. The van der Waals surface area contributed by atoms with E-state index in [0.29, 0.717) is 22.6 Å². The molecule has 1 amide bonds. The van der Waals surface area contributed by atoms with Crippen molar-refractivity contribution in [1.82, 2.24) is 0 Å². The number of benzene rings is 2. The van der Waals surface area contributed by atoms with Gasteiger partial charge in [-0.15, -0.1) is 5.10 Å². The third-order valence-electron chi connectivity index (χ3n) is 3.03. The second kappa shape index (κ2) is 7.08. The summed E-state index contributed by atoms with van der Waals surface area (Å²) < 4.78 is 0. The Balaban J connectivity index is 2.17. The van der Waals surface area contributed by atoms with Gasteiger partial charge in [0.1, 0.15) is 0 Å². The summed E-state index contributed by atoms with van der Waals surface area (Å²) in [6.07, 6.45) is 0. The topological polar surface area (TPSA) is 132 Å². The van der Waals surface area contributed by atoms with Gasteiger partial charge in [0.05, 0.1) is 5.71 Å². The zero-order valence-corrected chi connectivity index (χ0v) is 12.7. The SMILES string of the molecule is C/C(=N/N=C(N)N)c1cccc(NC(=O)c2ccc(N)cc2)c1. The van der Waals surface area contributed by atoms with Crippen LogP contribution in [0.1, 0.15) is 22.8 Å². The molecule has 0 spiro atoms. The van der Waals surface area contributed by atoms with Crippen molar-refractivity contribution in [2.75, 3.05) is 11.1 Å². The summed E-state index contributed by atoms with van der Waals surface area (Å²) in [5, 5.41) is 10.3. The minimum absolute atomic E-state index is 0.114. The molecular weight excluding hydrogens is 292 g/mol.